The van der Waals surface area contributed by atoms with Crippen molar-refractivity contribution in [3.05, 3.63) is 0 Å². The van der Waals surface area contributed by atoms with Gasteiger partial charge in [0, 0.05) is 0 Å². The molecule has 1 aliphatic carbocycles. The Labute approximate surface area is 125 Å². The molecular formula is C14H23N3O2S. The monoisotopic (exact) mass is 297 g/mol. The third-order valence-corrected chi connectivity index (χ3v) is 4.75. The number of nitrogens with zero attached hydrogens (tertiary/aromatic N) is 1. The van der Waals surface area contributed by atoms with Gasteiger partial charge in [0.05, 0.1) is 11.5 Å². The lowest BCUT2D eigenvalue weighted by Crippen LogP contribution is -2.50. The first-order chi connectivity index (χ1) is 9.16. The molecule has 2 fully saturated rings. The third kappa shape index (κ3) is 2.66. The molecule has 0 aromatic rings. The van der Waals surface area contributed by atoms with Crippen molar-refractivity contribution < 1.29 is 9.59 Å². The lowest BCUT2D eigenvalue weighted by Gasteiger charge is -2.40. The van der Waals surface area contributed by atoms with Gasteiger partial charge in [-0.3, -0.25) is 9.69 Å². The summed E-state index contributed by atoms with van der Waals surface area (Å²) in [5.74, 6) is 0.421. The van der Waals surface area contributed by atoms with Crippen LogP contribution < -0.4 is 11.1 Å². The molecule has 1 saturated heterocycles. The maximum absolute atomic E-state index is 12.5. The van der Waals surface area contributed by atoms with Crippen LogP contribution in [0.2, 0.25) is 0 Å². The maximum Gasteiger partial charge on any atom is 0.325 e. The van der Waals surface area contributed by atoms with E-state index in [0.29, 0.717) is 18.8 Å². The molecule has 2 aliphatic rings. The normalized spacial score (nSPS) is 30.8. The Hall–Kier alpha value is -1.17. The molecule has 112 valence electrons. The van der Waals surface area contributed by atoms with Gasteiger partial charge in [0.2, 0.25) is 0 Å². The Morgan fingerprint density at radius 2 is 1.95 bits per heavy atom. The number of carbonyl (C=O) groups excluding carboxylic acids is 2. The number of thiocarbonyl (C=S) groups is 1. The van der Waals surface area contributed by atoms with Gasteiger partial charge in [0.1, 0.15) is 5.54 Å². The minimum atomic E-state index is -0.719. The molecule has 1 aliphatic heterocycles. The lowest BCUT2D eigenvalue weighted by atomic mass is 9.67. The number of hydrogen-bond donors (Lipinski definition) is 2. The van der Waals surface area contributed by atoms with Gasteiger partial charge < -0.3 is 11.1 Å². The number of amides is 3. The Morgan fingerprint density at radius 1 is 1.40 bits per heavy atom. The zero-order chi connectivity index (χ0) is 15.1. The summed E-state index contributed by atoms with van der Waals surface area (Å²) < 4.78 is 0. The minimum absolute atomic E-state index is 0.0322. The van der Waals surface area contributed by atoms with Crippen LogP contribution in [-0.4, -0.2) is 33.9 Å². The van der Waals surface area contributed by atoms with Gasteiger partial charge in [-0.2, -0.15) is 0 Å². The fourth-order valence-electron chi connectivity index (χ4n) is 3.29. The van der Waals surface area contributed by atoms with E-state index in [9.17, 15) is 9.59 Å². The standard InChI is InChI=1S/C14H23N3O2S/c1-13(2,3)9-4-6-14(7-5-9)11(18)17(8-10(15)20)12(19)16-14/h9H,4-8H2,1-3H3,(H2,15,20)(H,16,19). The fourth-order valence-corrected chi connectivity index (χ4v) is 3.42. The number of hydrogen-bond acceptors (Lipinski definition) is 3. The predicted molar refractivity (Wildman–Crippen MR) is 81.2 cm³/mol. The molecule has 0 bridgehead atoms. The molecule has 0 unspecified atom stereocenters. The molecule has 0 radical (unpaired) electrons. The van der Waals surface area contributed by atoms with Gasteiger partial charge in [0.15, 0.2) is 0 Å². The molecular weight excluding hydrogens is 274 g/mol. The van der Waals surface area contributed by atoms with E-state index >= 15 is 0 Å². The van der Waals surface area contributed by atoms with Crippen molar-refractivity contribution >= 4 is 29.1 Å². The zero-order valence-corrected chi connectivity index (χ0v) is 13.2. The summed E-state index contributed by atoms with van der Waals surface area (Å²) in [5.41, 5.74) is 4.97. The van der Waals surface area contributed by atoms with Crippen LogP contribution >= 0.6 is 12.2 Å². The topological polar surface area (TPSA) is 75.4 Å². The van der Waals surface area contributed by atoms with Crippen molar-refractivity contribution in [1.29, 1.82) is 0 Å². The predicted octanol–water partition coefficient (Wildman–Crippen LogP) is 1.80. The van der Waals surface area contributed by atoms with Crippen molar-refractivity contribution in [3.63, 3.8) is 0 Å². The van der Waals surface area contributed by atoms with Crippen molar-refractivity contribution in [2.75, 3.05) is 6.54 Å². The maximum atomic E-state index is 12.5. The first-order valence-electron chi connectivity index (χ1n) is 7.08. The van der Waals surface area contributed by atoms with Crippen LogP contribution in [0.4, 0.5) is 4.79 Å². The van der Waals surface area contributed by atoms with Gasteiger partial charge in [-0.25, -0.2) is 4.79 Å². The number of urea groups is 1. The Kier molecular flexibility index (Phi) is 3.79. The van der Waals surface area contributed by atoms with E-state index in [-0.39, 0.29) is 28.9 Å². The largest absolute Gasteiger partial charge is 0.392 e. The van der Waals surface area contributed by atoms with E-state index in [0.717, 1.165) is 17.7 Å². The first-order valence-corrected chi connectivity index (χ1v) is 7.49. The molecule has 5 nitrogen and oxygen atoms in total. The molecule has 1 heterocycles. The Morgan fingerprint density at radius 3 is 2.40 bits per heavy atom. The van der Waals surface area contributed by atoms with E-state index < -0.39 is 5.54 Å². The van der Waals surface area contributed by atoms with Crippen LogP contribution in [0.25, 0.3) is 0 Å². The van der Waals surface area contributed by atoms with Crippen LogP contribution in [0.1, 0.15) is 46.5 Å². The van der Waals surface area contributed by atoms with Gasteiger partial charge in [-0.05, 0) is 37.0 Å². The number of nitrogens with two attached hydrogens (primary N) is 1. The van der Waals surface area contributed by atoms with E-state index in [1.54, 1.807) is 0 Å². The summed E-state index contributed by atoms with van der Waals surface area (Å²) in [6.45, 7) is 6.71. The number of nitrogens with one attached hydrogen (secondary N) is 1. The first kappa shape index (κ1) is 15.2. The molecule has 2 rings (SSSR count). The summed E-state index contributed by atoms with van der Waals surface area (Å²) in [6.07, 6.45) is 3.31. The van der Waals surface area contributed by atoms with Gasteiger partial charge in [-0.15, -0.1) is 0 Å². The smallest absolute Gasteiger partial charge is 0.325 e. The number of imide groups is 1. The van der Waals surface area contributed by atoms with Gasteiger partial charge >= 0.3 is 6.03 Å². The molecule has 20 heavy (non-hydrogen) atoms. The van der Waals surface area contributed by atoms with E-state index in [1.165, 1.54) is 0 Å². The third-order valence-electron chi connectivity index (χ3n) is 4.62. The SMILES string of the molecule is CC(C)(C)C1CCC2(CC1)NC(=O)N(CC(N)=S)C2=O. The van der Waals surface area contributed by atoms with E-state index in [2.05, 4.69) is 26.1 Å². The van der Waals surface area contributed by atoms with Crippen molar-refractivity contribution in [2.24, 2.45) is 17.1 Å². The summed E-state index contributed by atoms with van der Waals surface area (Å²) in [4.78, 5) is 25.8. The summed E-state index contributed by atoms with van der Waals surface area (Å²) >= 11 is 4.80. The highest BCUT2D eigenvalue weighted by Gasteiger charge is 2.53. The van der Waals surface area contributed by atoms with Crippen molar-refractivity contribution in [1.82, 2.24) is 10.2 Å². The number of rotatable bonds is 2. The summed E-state index contributed by atoms with van der Waals surface area (Å²) in [6, 6.07) is -0.364. The molecule has 1 saturated carbocycles. The molecule has 1 spiro atoms. The van der Waals surface area contributed by atoms with Crippen LogP contribution in [-0.2, 0) is 4.79 Å². The van der Waals surface area contributed by atoms with E-state index in [4.69, 9.17) is 18.0 Å². The van der Waals surface area contributed by atoms with Crippen LogP contribution in [0.3, 0.4) is 0 Å². The second kappa shape index (κ2) is 4.98. The minimum Gasteiger partial charge on any atom is -0.392 e. The van der Waals surface area contributed by atoms with Gasteiger partial charge in [0.25, 0.3) is 5.91 Å². The van der Waals surface area contributed by atoms with Crippen LogP contribution in [0.15, 0.2) is 0 Å². The van der Waals surface area contributed by atoms with Crippen LogP contribution in [0, 0.1) is 11.3 Å². The van der Waals surface area contributed by atoms with Crippen molar-refractivity contribution in [3.8, 4) is 0 Å². The van der Waals surface area contributed by atoms with Gasteiger partial charge in [-0.1, -0.05) is 33.0 Å². The number of carbonyl (C=O) groups is 2. The van der Waals surface area contributed by atoms with Crippen molar-refractivity contribution in [2.45, 2.75) is 52.0 Å². The Bertz CT molecular complexity index is 448. The molecule has 0 aromatic carbocycles. The summed E-state index contributed by atoms with van der Waals surface area (Å²) in [7, 11) is 0. The second-order valence-corrected chi connectivity index (χ2v) is 7.53. The second-order valence-electron chi connectivity index (χ2n) is 7.01. The average Bonchev–Trinajstić information content (AvgIpc) is 2.53. The Balaban J connectivity index is 2.09. The quantitative estimate of drug-likeness (QED) is 0.602. The molecule has 0 aromatic heterocycles. The zero-order valence-electron chi connectivity index (χ0n) is 12.4. The highest BCUT2D eigenvalue weighted by atomic mass is 32.1. The molecule has 0 atom stereocenters. The molecule has 6 heteroatoms. The molecule has 3 N–H and O–H groups in total. The highest BCUT2D eigenvalue weighted by Crippen LogP contribution is 2.43. The summed E-state index contributed by atoms with van der Waals surface area (Å²) in [5, 5.41) is 2.87. The molecule has 3 amide bonds. The van der Waals surface area contributed by atoms with E-state index in [1.807, 2.05) is 0 Å². The fraction of sp³-hybridized carbons (Fsp3) is 0.786. The lowest BCUT2D eigenvalue weighted by molar-refractivity contribution is -0.132. The highest BCUT2D eigenvalue weighted by molar-refractivity contribution is 7.80. The van der Waals surface area contributed by atoms with Crippen LogP contribution in [0.5, 0.6) is 0 Å². The average molecular weight is 297 g/mol.